The summed E-state index contributed by atoms with van der Waals surface area (Å²) in [7, 11) is 0. The molecule has 0 saturated heterocycles. The zero-order valence-electron chi connectivity index (χ0n) is 14.3. The maximum Gasteiger partial charge on any atom is 0.416 e. The topological polar surface area (TPSA) is 38.7 Å². The van der Waals surface area contributed by atoms with Crippen LogP contribution in [0.5, 0.6) is 0 Å². The van der Waals surface area contributed by atoms with E-state index in [4.69, 9.17) is 4.84 Å². The van der Waals surface area contributed by atoms with Crippen LogP contribution in [0, 0.1) is 0 Å². The van der Waals surface area contributed by atoms with Gasteiger partial charge in [-0.15, -0.1) is 0 Å². The van der Waals surface area contributed by atoms with Gasteiger partial charge in [0.1, 0.15) is 6.61 Å². The SMILES string of the molecule is CSC(=O)Cc1ccccc1CO/N=C(\C)c1cccc(C(F)(F)F)c1. The van der Waals surface area contributed by atoms with Gasteiger partial charge in [-0.2, -0.15) is 13.2 Å². The Morgan fingerprint density at radius 3 is 2.46 bits per heavy atom. The molecule has 0 aliphatic heterocycles. The van der Waals surface area contributed by atoms with Crippen molar-refractivity contribution in [3.05, 3.63) is 70.8 Å². The number of halogens is 3. The maximum absolute atomic E-state index is 12.8. The van der Waals surface area contributed by atoms with Crippen LogP contribution in [-0.2, 0) is 28.8 Å². The molecule has 26 heavy (non-hydrogen) atoms. The van der Waals surface area contributed by atoms with Crippen molar-refractivity contribution in [3.63, 3.8) is 0 Å². The Morgan fingerprint density at radius 1 is 1.12 bits per heavy atom. The summed E-state index contributed by atoms with van der Waals surface area (Å²) >= 11 is 1.16. The van der Waals surface area contributed by atoms with Gasteiger partial charge in [0.05, 0.1) is 11.3 Å². The molecule has 0 aromatic heterocycles. The zero-order chi connectivity index (χ0) is 19.2. The Morgan fingerprint density at radius 2 is 1.81 bits per heavy atom. The van der Waals surface area contributed by atoms with Gasteiger partial charge in [-0.3, -0.25) is 4.79 Å². The quantitative estimate of drug-likeness (QED) is 0.517. The lowest BCUT2D eigenvalue weighted by molar-refractivity contribution is -0.137. The van der Waals surface area contributed by atoms with Gasteiger partial charge in [-0.05, 0) is 42.0 Å². The fraction of sp³-hybridized carbons (Fsp3) is 0.263. The molecule has 0 unspecified atom stereocenters. The van der Waals surface area contributed by atoms with E-state index in [9.17, 15) is 18.0 Å². The van der Waals surface area contributed by atoms with Gasteiger partial charge in [0.15, 0.2) is 5.12 Å². The van der Waals surface area contributed by atoms with Crippen molar-refractivity contribution in [2.24, 2.45) is 5.16 Å². The summed E-state index contributed by atoms with van der Waals surface area (Å²) in [6, 6.07) is 12.3. The molecule has 2 rings (SSSR count). The normalized spacial score (nSPS) is 12.1. The predicted octanol–water partition coefficient (Wildman–Crippen LogP) is 5.08. The lowest BCUT2D eigenvalue weighted by Gasteiger charge is -2.09. The van der Waals surface area contributed by atoms with Crippen molar-refractivity contribution in [1.29, 1.82) is 0 Å². The molecule has 0 aliphatic rings. The number of thioether (sulfide) groups is 1. The molecule has 0 spiro atoms. The van der Waals surface area contributed by atoms with E-state index in [1.165, 1.54) is 6.07 Å². The molecule has 0 heterocycles. The Labute approximate surface area is 154 Å². The highest BCUT2D eigenvalue weighted by Gasteiger charge is 2.30. The summed E-state index contributed by atoms with van der Waals surface area (Å²) in [5.41, 5.74) is 1.61. The predicted molar refractivity (Wildman–Crippen MR) is 97.1 cm³/mol. The van der Waals surface area contributed by atoms with Crippen LogP contribution in [0.3, 0.4) is 0 Å². The van der Waals surface area contributed by atoms with E-state index in [1.54, 1.807) is 19.2 Å². The van der Waals surface area contributed by atoms with E-state index in [0.717, 1.165) is 35.0 Å². The average molecular weight is 381 g/mol. The highest BCUT2D eigenvalue weighted by molar-refractivity contribution is 8.13. The third-order valence-corrected chi connectivity index (χ3v) is 4.31. The third-order valence-electron chi connectivity index (χ3n) is 3.71. The fourth-order valence-electron chi connectivity index (χ4n) is 2.27. The number of alkyl halides is 3. The van der Waals surface area contributed by atoms with Crippen LogP contribution in [0.15, 0.2) is 53.7 Å². The molecule has 7 heteroatoms. The van der Waals surface area contributed by atoms with Crippen LogP contribution in [0.25, 0.3) is 0 Å². The number of hydrogen-bond acceptors (Lipinski definition) is 4. The third kappa shape index (κ3) is 5.62. The maximum atomic E-state index is 12.8. The molecular formula is C19H18F3NO2S. The number of carbonyl (C=O) groups excluding carboxylic acids is 1. The second-order valence-corrected chi connectivity index (χ2v) is 6.41. The minimum Gasteiger partial charge on any atom is -0.391 e. The summed E-state index contributed by atoms with van der Waals surface area (Å²) < 4.78 is 38.3. The zero-order valence-corrected chi connectivity index (χ0v) is 15.2. The molecule has 2 aromatic carbocycles. The number of carbonyl (C=O) groups is 1. The van der Waals surface area contributed by atoms with Crippen molar-refractivity contribution in [1.82, 2.24) is 0 Å². The van der Waals surface area contributed by atoms with E-state index in [1.807, 2.05) is 24.3 Å². The largest absolute Gasteiger partial charge is 0.416 e. The first kappa shape index (κ1) is 20.0. The summed E-state index contributed by atoms with van der Waals surface area (Å²) in [6.45, 7) is 1.72. The van der Waals surface area contributed by atoms with Gasteiger partial charge in [-0.1, -0.05) is 53.3 Å². The van der Waals surface area contributed by atoms with Gasteiger partial charge >= 0.3 is 6.18 Å². The minimum absolute atomic E-state index is 0.0427. The van der Waals surface area contributed by atoms with Crippen LogP contribution in [-0.4, -0.2) is 17.1 Å². The summed E-state index contributed by atoms with van der Waals surface area (Å²) in [5, 5.41) is 3.96. The Balaban J connectivity index is 2.08. The van der Waals surface area contributed by atoms with Gasteiger partial charge in [-0.25, -0.2) is 0 Å². The van der Waals surface area contributed by atoms with Gasteiger partial charge < -0.3 is 4.84 Å². The second kappa shape index (κ2) is 8.89. The molecule has 0 fully saturated rings. The average Bonchev–Trinajstić information content (AvgIpc) is 2.62. The molecule has 0 saturated carbocycles. The van der Waals surface area contributed by atoms with Crippen LogP contribution >= 0.6 is 11.8 Å². The minimum atomic E-state index is -4.40. The molecular weight excluding hydrogens is 363 g/mol. The Hall–Kier alpha value is -2.28. The number of rotatable bonds is 6. The highest BCUT2D eigenvalue weighted by atomic mass is 32.2. The fourth-order valence-corrected chi connectivity index (χ4v) is 2.57. The van der Waals surface area contributed by atoms with E-state index >= 15 is 0 Å². The lowest BCUT2D eigenvalue weighted by atomic mass is 10.1. The molecule has 0 N–H and O–H groups in total. The molecule has 2 aromatic rings. The summed E-state index contributed by atoms with van der Waals surface area (Å²) in [4.78, 5) is 16.9. The lowest BCUT2D eigenvalue weighted by Crippen LogP contribution is -2.07. The van der Waals surface area contributed by atoms with Gasteiger partial charge in [0.2, 0.25) is 0 Å². The number of benzene rings is 2. The monoisotopic (exact) mass is 381 g/mol. The highest BCUT2D eigenvalue weighted by Crippen LogP contribution is 2.29. The van der Waals surface area contributed by atoms with Gasteiger partial charge in [0, 0.05) is 6.42 Å². The van der Waals surface area contributed by atoms with Crippen molar-refractivity contribution >= 4 is 22.6 Å². The molecule has 138 valence electrons. The molecule has 0 aliphatic carbocycles. The van der Waals surface area contributed by atoms with Crippen LogP contribution < -0.4 is 0 Å². The van der Waals surface area contributed by atoms with E-state index in [0.29, 0.717) is 11.3 Å². The summed E-state index contributed by atoms with van der Waals surface area (Å²) in [6.07, 6.45) is -2.39. The number of nitrogens with zero attached hydrogens (tertiary/aromatic N) is 1. The molecule has 0 atom stereocenters. The first-order chi connectivity index (χ1) is 12.3. The molecule has 0 radical (unpaired) electrons. The smallest absolute Gasteiger partial charge is 0.391 e. The number of hydrogen-bond donors (Lipinski definition) is 0. The Kier molecular flexibility index (Phi) is 6.85. The van der Waals surface area contributed by atoms with Crippen LogP contribution in [0.4, 0.5) is 13.2 Å². The summed E-state index contributed by atoms with van der Waals surface area (Å²) in [5.74, 6) is 0. The van der Waals surface area contributed by atoms with E-state index < -0.39 is 11.7 Å². The first-order valence-corrected chi connectivity index (χ1v) is 9.01. The molecule has 3 nitrogen and oxygen atoms in total. The Bertz CT molecular complexity index is 803. The van der Waals surface area contributed by atoms with Gasteiger partial charge in [0.25, 0.3) is 0 Å². The molecule has 0 amide bonds. The van der Waals surface area contributed by atoms with E-state index in [2.05, 4.69) is 5.16 Å². The van der Waals surface area contributed by atoms with Crippen molar-refractivity contribution in [3.8, 4) is 0 Å². The van der Waals surface area contributed by atoms with Crippen molar-refractivity contribution in [2.75, 3.05) is 6.26 Å². The molecule has 0 bridgehead atoms. The first-order valence-electron chi connectivity index (χ1n) is 7.79. The second-order valence-electron chi connectivity index (χ2n) is 5.55. The standard InChI is InChI=1S/C19H18F3NO2S/c1-13(14-8-5-9-17(10-14)19(20,21)22)23-25-12-16-7-4-3-6-15(16)11-18(24)26-2/h3-10H,11-12H2,1-2H3/b23-13+. The van der Waals surface area contributed by atoms with E-state index in [-0.39, 0.29) is 18.1 Å². The van der Waals surface area contributed by atoms with Crippen LogP contribution in [0.1, 0.15) is 29.2 Å². The number of oxime groups is 1. The van der Waals surface area contributed by atoms with Crippen LogP contribution in [0.2, 0.25) is 0 Å². The van der Waals surface area contributed by atoms with Crippen molar-refractivity contribution in [2.45, 2.75) is 26.1 Å². The van der Waals surface area contributed by atoms with Crippen molar-refractivity contribution < 1.29 is 22.8 Å².